The normalized spacial score (nSPS) is 15.1. The van der Waals surface area contributed by atoms with Crippen molar-refractivity contribution < 1.29 is 13.9 Å². The molecule has 1 aliphatic carbocycles. The Kier molecular flexibility index (Phi) is 6.90. The predicted octanol–water partition coefficient (Wildman–Crippen LogP) is 6.16. The molecule has 2 aromatic carbocycles. The van der Waals surface area contributed by atoms with Gasteiger partial charge in [0.05, 0.1) is 5.39 Å². The Balaban J connectivity index is 1.42. The fourth-order valence-corrected chi connectivity index (χ4v) is 5.38. The van der Waals surface area contributed by atoms with Gasteiger partial charge in [-0.05, 0) is 31.4 Å². The van der Waals surface area contributed by atoms with E-state index in [0.29, 0.717) is 39.8 Å². The molecule has 2 heterocycles. The lowest BCUT2D eigenvalue weighted by Gasteiger charge is -2.18. The summed E-state index contributed by atoms with van der Waals surface area (Å²) >= 11 is 1.42. The molecule has 0 bridgehead atoms. The number of benzene rings is 2. The van der Waals surface area contributed by atoms with Gasteiger partial charge in [-0.2, -0.15) is 0 Å². The van der Waals surface area contributed by atoms with Crippen molar-refractivity contribution in [2.75, 3.05) is 5.32 Å². The van der Waals surface area contributed by atoms with Crippen LogP contribution in [-0.4, -0.2) is 22.2 Å². The van der Waals surface area contributed by atoms with Crippen molar-refractivity contribution in [1.29, 1.82) is 0 Å². The molecule has 1 N–H and O–H groups in total. The number of hydrogen-bond donors (Lipinski definition) is 1. The van der Waals surface area contributed by atoms with Crippen molar-refractivity contribution in [1.82, 2.24) is 10.2 Å². The van der Waals surface area contributed by atoms with Crippen LogP contribution in [0, 0.1) is 0 Å². The number of rotatable bonds is 7. The second kappa shape index (κ2) is 10.4. The monoisotopic (exact) mass is 489 g/mol. The molecule has 1 amide bonds. The number of hydrogen-bond acceptors (Lipinski definition) is 7. The summed E-state index contributed by atoms with van der Waals surface area (Å²) in [5.74, 6) is 0.374. The van der Waals surface area contributed by atoms with Gasteiger partial charge < -0.3 is 9.15 Å². The van der Waals surface area contributed by atoms with E-state index in [2.05, 4.69) is 15.5 Å². The summed E-state index contributed by atoms with van der Waals surface area (Å²) < 4.78 is 12.2. The number of ether oxygens (including phenoxy) is 1. The predicted molar refractivity (Wildman–Crippen MR) is 137 cm³/mol. The SMILES string of the molecule is CCC(Oc1c(-c2ccccc2)oc2ccccc2c1=O)C(=O)Nc1nnc(C2CCCCC2)s1. The first-order valence-electron chi connectivity index (χ1n) is 12.1. The molecule has 1 fully saturated rings. The highest BCUT2D eigenvalue weighted by Crippen LogP contribution is 2.35. The largest absolute Gasteiger partial charge is 0.473 e. The van der Waals surface area contributed by atoms with Crippen molar-refractivity contribution in [3.63, 3.8) is 0 Å². The Morgan fingerprint density at radius 3 is 2.60 bits per heavy atom. The van der Waals surface area contributed by atoms with E-state index in [1.165, 1.54) is 30.6 Å². The summed E-state index contributed by atoms with van der Waals surface area (Å²) in [5.41, 5.74) is 0.847. The molecule has 2 aromatic heterocycles. The van der Waals surface area contributed by atoms with Gasteiger partial charge in [0.1, 0.15) is 10.6 Å². The molecule has 0 aliphatic heterocycles. The summed E-state index contributed by atoms with van der Waals surface area (Å²) in [6.45, 7) is 1.84. The van der Waals surface area contributed by atoms with Crippen LogP contribution in [0.5, 0.6) is 5.75 Å². The van der Waals surface area contributed by atoms with Gasteiger partial charge >= 0.3 is 0 Å². The zero-order valence-corrected chi connectivity index (χ0v) is 20.3. The van der Waals surface area contributed by atoms with E-state index in [1.54, 1.807) is 18.2 Å². The van der Waals surface area contributed by atoms with Gasteiger partial charge in [-0.25, -0.2) is 0 Å². The molecule has 7 nitrogen and oxygen atoms in total. The lowest BCUT2D eigenvalue weighted by Crippen LogP contribution is -2.34. The molecular weight excluding hydrogens is 462 g/mol. The second-order valence-electron chi connectivity index (χ2n) is 8.74. The summed E-state index contributed by atoms with van der Waals surface area (Å²) in [4.78, 5) is 26.5. The number of amides is 1. The minimum absolute atomic E-state index is 0.0251. The van der Waals surface area contributed by atoms with Crippen LogP contribution in [0.1, 0.15) is 56.4 Å². The van der Waals surface area contributed by atoms with E-state index >= 15 is 0 Å². The summed E-state index contributed by atoms with van der Waals surface area (Å²) in [6.07, 6.45) is 5.37. The number of anilines is 1. The molecule has 35 heavy (non-hydrogen) atoms. The highest BCUT2D eigenvalue weighted by molar-refractivity contribution is 7.15. The molecule has 1 saturated carbocycles. The third-order valence-corrected chi connectivity index (χ3v) is 7.34. The van der Waals surface area contributed by atoms with Crippen LogP contribution in [0.15, 0.2) is 63.8 Å². The number of fused-ring (bicyclic) bond motifs is 1. The quantitative estimate of drug-likeness (QED) is 0.334. The van der Waals surface area contributed by atoms with Gasteiger partial charge in [0, 0.05) is 11.5 Å². The number of nitrogens with one attached hydrogen (secondary N) is 1. The summed E-state index contributed by atoms with van der Waals surface area (Å²) in [5, 5.41) is 13.1. The second-order valence-corrected chi connectivity index (χ2v) is 9.75. The molecule has 0 saturated heterocycles. The van der Waals surface area contributed by atoms with Crippen LogP contribution in [0.2, 0.25) is 0 Å². The van der Waals surface area contributed by atoms with E-state index in [-0.39, 0.29) is 17.1 Å². The Hall–Kier alpha value is -3.52. The number of para-hydroxylation sites is 1. The van der Waals surface area contributed by atoms with Crippen molar-refractivity contribution in [2.24, 2.45) is 0 Å². The maximum Gasteiger partial charge on any atom is 0.267 e. The number of carbonyl (C=O) groups excluding carboxylic acids is 1. The van der Waals surface area contributed by atoms with E-state index < -0.39 is 6.10 Å². The summed E-state index contributed by atoms with van der Waals surface area (Å²) in [6, 6.07) is 16.3. The fraction of sp³-hybridized carbons (Fsp3) is 0.333. The molecule has 5 rings (SSSR count). The maximum absolute atomic E-state index is 13.4. The van der Waals surface area contributed by atoms with Crippen LogP contribution >= 0.6 is 11.3 Å². The summed E-state index contributed by atoms with van der Waals surface area (Å²) in [7, 11) is 0. The Morgan fingerprint density at radius 1 is 1.09 bits per heavy atom. The number of carbonyl (C=O) groups is 1. The first kappa shape index (κ1) is 23.2. The average Bonchev–Trinajstić information content (AvgIpc) is 3.37. The molecule has 0 spiro atoms. The zero-order valence-electron chi connectivity index (χ0n) is 19.5. The Labute approximate surface area is 207 Å². The lowest BCUT2D eigenvalue weighted by molar-refractivity contribution is -0.122. The molecular formula is C27H27N3O4S. The molecule has 1 unspecified atom stereocenters. The number of aromatic nitrogens is 2. The molecule has 4 aromatic rings. The molecule has 180 valence electrons. The third kappa shape index (κ3) is 4.98. The van der Waals surface area contributed by atoms with Crippen LogP contribution < -0.4 is 15.5 Å². The van der Waals surface area contributed by atoms with Crippen molar-refractivity contribution >= 4 is 33.3 Å². The van der Waals surface area contributed by atoms with Crippen molar-refractivity contribution in [3.05, 3.63) is 69.8 Å². The standard InChI is InChI=1S/C27H27N3O4S/c1-2-20(25(32)28-27-30-29-26(35-27)18-13-7-4-8-14-18)33-24-22(31)19-15-9-10-16-21(19)34-23(24)17-11-5-3-6-12-17/h3,5-6,9-12,15-16,18,20H,2,4,7-8,13-14H2,1H3,(H,28,30,32). The molecule has 8 heteroatoms. The minimum atomic E-state index is -0.899. The molecule has 1 aliphatic rings. The van der Waals surface area contributed by atoms with Gasteiger partial charge in [-0.15, -0.1) is 10.2 Å². The van der Waals surface area contributed by atoms with Gasteiger partial charge in [0.15, 0.2) is 11.9 Å². The first-order valence-corrected chi connectivity index (χ1v) is 12.9. The van der Waals surface area contributed by atoms with E-state index in [9.17, 15) is 9.59 Å². The smallest absolute Gasteiger partial charge is 0.267 e. The highest BCUT2D eigenvalue weighted by Gasteiger charge is 2.26. The van der Waals surface area contributed by atoms with Crippen LogP contribution in [-0.2, 0) is 4.79 Å². The van der Waals surface area contributed by atoms with E-state index in [1.807, 2.05) is 43.3 Å². The maximum atomic E-state index is 13.4. The first-order chi connectivity index (χ1) is 17.1. The van der Waals surface area contributed by atoms with E-state index in [0.717, 1.165) is 17.8 Å². The number of nitrogens with zero attached hydrogens (tertiary/aromatic N) is 2. The van der Waals surface area contributed by atoms with Crippen molar-refractivity contribution in [3.8, 4) is 17.1 Å². The topological polar surface area (TPSA) is 94.3 Å². The van der Waals surface area contributed by atoms with Gasteiger partial charge in [-0.3, -0.25) is 14.9 Å². The zero-order chi connectivity index (χ0) is 24.2. The third-order valence-electron chi connectivity index (χ3n) is 6.34. The van der Waals surface area contributed by atoms with Gasteiger partial charge in [-0.1, -0.05) is 80.0 Å². The van der Waals surface area contributed by atoms with E-state index in [4.69, 9.17) is 9.15 Å². The highest BCUT2D eigenvalue weighted by atomic mass is 32.1. The molecule has 1 atom stereocenters. The Morgan fingerprint density at radius 2 is 1.83 bits per heavy atom. The van der Waals surface area contributed by atoms with Crippen molar-refractivity contribution in [2.45, 2.75) is 57.5 Å². The van der Waals surface area contributed by atoms with Crippen LogP contribution in [0.3, 0.4) is 0 Å². The molecule has 0 radical (unpaired) electrons. The van der Waals surface area contributed by atoms with Crippen LogP contribution in [0.25, 0.3) is 22.3 Å². The lowest BCUT2D eigenvalue weighted by atomic mass is 9.90. The average molecular weight is 490 g/mol. The van der Waals surface area contributed by atoms with Crippen LogP contribution in [0.4, 0.5) is 5.13 Å². The van der Waals surface area contributed by atoms with Gasteiger partial charge in [0.25, 0.3) is 5.91 Å². The Bertz CT molecular complexity index is 1380. The minimum Gasteiger partial charge on any atom is -0.473 e. The van der Waals surface area contributed by atoms with Gasteiger partial charge in [0.2, 0.25) is 16.3 Å². The fourth-order valence-electron chi connectivity index (χ4n) is 4.46.